The van der Waals surface area contributed by atoms with Gasteiger partial charge in [-0.15, -0.1) is 0 Å². The van der Waals surface area contributed by atoms with Gasteiger partial charge in [-0.3, -0.25) is 0 Å². The predicted molar refractivity (Wildman–Crippen MR) is 156 cm³/mol. The van der Waals surface area contributed by atoms with Gasteiger partial charge in [0.1, 0.15) is 12.4 Å². The maximum Gasteiger partial charge on any atom is 0.515 e. The molecule has 2 aromatic heterocycles. The number of aromatic nitrogens is 2. The van der Waals surface area contributed by atoms with Gasteiger partial charge in [-0.2, -0.15) is 0 Å². The summed E-state index contributed by atoms with van der Waals surface area (Å²) in [6.07, 6.45) is 2.54. The van der Waals surface area contributed by atoms with Crippen molar-refractivity contribution in [2.75, 3.05) is 7.11 Å². The lowest BCUT2D eigenvalue weighted by Crippen LogP contribution is -2.17. The van der Waals surface area contributed by atoms with E-state index in [1.807, 2.05) is 48.5 Å². The molecule has 3 aromatic carbocycles. The highest BCUT2D eigenvalue weighted by molar-refractivity contribution is 6.13. The van der Waals surface area contributed by atoms with Crippen molar-refractivity contribution >= 4 is 28.0 Å². The van der Waals surface area contributed by atoms with Crippen molar-refractivity contribution in [3.63, 3.8) is 0 Å². The zero-order valence-electron chi connectivity index (χ0n) is 23.1. The number of pyridine rings is 1. The summed E-state index contributed by atoms with van der Waals surface area (Å²) >= 11 is 0. The Morgan fingerprint density at radius 3 is 2.27 bits per heavy atom. The molecule has 0 bridgehead atoms. The Morgan fingerprint density at radius 1 is 0.850 bits per heavy atom. The van der Waals surface area contributed by atoms with Gasteiger partial charge >= 0.3 is 6.16 Å². The van der Waals surface area contributed by atoms with Gasteiger partial charge < -0.3 is 23.5 Å². The van der Waals surface area contributed by atoms with Gasteiger partial charge in [-0.25, -0.2) is 9.78 Å². The third-order valence-corrected chi connectivity index (χ3v) is 6.68. The van der Waals surface area contributed by atoms with Gasteiger partial charge in [0.25, 0.3) is 0 Å². The average molecular weight is 539 g/mol. The summed E-state index contributed by atoms with van der Waals surface area (Å²) in [6.45, 7) is 4.95. The smallest absolute Gasteiger partial charge is 0.488 e. The summed E-state index contributed by atoms with van der Waals surface area (Å²) in [4.78, 5) is 17.0. The summed E-state index contributed by atoms with van der Waals surface area (Å²) in [5.74, 6) is 0.911. The second kappa shape index (κ2) is 12.7. The van der Waals surface area contributed by atoms with Crippen LogP contribution in [-0.2, 0) is 35.7 Å². The quantitative estimate of drug-likeness (QED) is 0.162. The van der Waals surface area contributed by atoms with Gasteiger partial charge in [-0.05, 0) is 49.9 Å². The van der Waals surface area contributed by atoms with E-state index in [-0.39, 0.29) is 18.6 Å². The van der Waals surface area contributed by atoms with Crippen LogP contribution in [0.3, 0.4) is 0 Å². The van der Waals surface area contributed by atoms with E-state index in [9.17, 15) is 4.79 Å². The van der Waals surface area contributed by atoms with Crippen LogP contribution in [0.5, 0.6) is 11.6 Å². The molecule has 0 aliphatic carbocycles. The standard InChI is InChI=1S/C33H34N2O5/c1-23(2)39-33(36)40-32-26(22-37-3)30-28(20-34-32)35(19-11-16-24-12-6-4-7-13-24)27-17-10-18-29(31(27)30)38-21-25-14-8-5-9-15-25/h4-10,12-15,17-18,20,23H,11,16,19,21-22H2,1-3H3. The molecule has 7 heteroatoms. The van der Waals surface area contributed by atoms with Crippen LogP contribution < -0.4 is 9.47 Å². The molecule has 0 amide bonds. The number of nitrogens with zero attached hydrogens (tertiary/aromatic N) is 2. The summed E-state index contributed by atoms with van der Waals surface area (Å²) in [5.41, 5.74) is 4.99. The fourth-order valence-corrected chi connectivity index (χ4v) is 4.98. The minimum absolute atomic E-state index is 0.168. The number of benzene rings is 3. The molecule has 206 valence electrons. The number of rotatable bonds is 11. The SMILES string of the molecule is COCc1c(OC(=O)OC(C)C)ncc2c1c1c(OCc3ccccc3)cccc1n2CCCc1ccccc1. The van der Waals surface area contributed by atoms with Crippen LogP contribution in [0.2, 0.25) is 0 Å². The second-order valence-corrected chi connectivity index (χ2v) is 9.92. The highest BCUT2D eigenvalue weighted by Crippen LogP contribution is 2.40. The first-order valence-corrected chi connectivity index (χ1v) is 13.6. The number of aryl methyl sites for hydroxylation is 2. The normalized spacial score (nSPS) is 11.3. The maximum atomic E-state index is 12.4. The first kappa shape index (κ1) is 27.2. The highest BCUT2D eigenvalue weighted by Gasteiger charge is 2.23. The molecule has 0 radical (unpaired) electrons. The summed E-state index contributed by atoms with van der Waals surface area (Å²) in [5, 5.41) is 1.83. The maximum absolute atomic E-state index is 12.4. The predicted octanol–water partition coefficient (Wildman–Crippen LogP) is 7.47. The molecular formula is C33H34N2O5. The van der Waals surface area contributed by atoms with E-state index in [2.05, 4.69) is 39.9 Å². The Labute approximate surface area is 234 Å². The Kier molecular flexibility index (Phi) is 8.62. The molecule has 0 aliphatic heterocycles. The Balaban J connectivity index is 1.61. The molecule has 5 aromatic rings. The van der Waals surface area contributed by atoms with E-state index in [1.165, 1.54) is 5.56 Å². The highest BCUT2D eigenvalue weighted by atomic mass is 16.7. The van der Waals surface area contributed by atoms with Crippen molar-refractivity contribution in [2.24, 2.45) is 0 Å². The van der Waals surface area contributed by atoms with Crippen molar-refractivity contribution in [1.29, 1.82) is 0 Å². The second-order valence-electron chi connectivity index (χ2n) is 9.92. The summed E-state index contributed by atoms with van der Waals surface area (Å²) < 4.78 is 25.1. The average Bonchev–Trinajstić information content (AvgIpc) is 3.28. The summed E-state index contributed by atoms with van der Waals surface area (Å²) in [7, 11) is 1.61. The van der Waals surface area contributed by atoms with Crippen molar-refractivity contribution < 1.29 is 23.7 Å². The summed E-state index contributed by atoms with van der Waals surface area (Å²) in [6, 6.07) is 26.6. The van der Waals surface area contributed by atoms with Crippen LogP contribution in [0.1, 0.15) is 37.0 Å². The fourth-order valence-electron chi connectivity index (χ4n) is 4.98. The minimum atomic E-state index is -0.800. The lowest BCUT2D eigenvalue weighted by molar-refractivity contribution is 0.0705. The largest absolute Gasteiger partial charge is 0.515 e. The molecular weight excluding hydrogens is 504 g/mol. The van der Waals surface area contributed by atoms with Gasteiger partial charge in [0.15, 0.2) is 0 Å². The number of hydrogen-bond donors (Lipinski definition) is 0. The van der Waals surface area contributed by atoms with Crippen LogP contribution >= 0.6 is 0 Å². The number of ether oxygens (including phenoxy) is 4. The van der Waals surface area contributed by atoms with Gasteiger partial charge in [0, 0.05) is 19.0 Å². The Bertz CT molecular complexity index is 1580. The molecule has 0 saturated heterocycles. The molecule has 0 N–H and O–H groups in total. The topological polar surface area (TPSA) is 71.8 Å². The molecule has 0 spiro atoms. The monoisotopic (exact) mass is 538 g/mol. The fraction of sp³-hybridized carbons (Fsp3) is 0.273. The number of carbonyl (C=O) groups is 1. The van der Waals surface area contributed by atoms with E-state index >= 15 is 0 Å². The number of fused-ring (bicyclic) bond motifs is 3. The van der Waals surface area contributed by atoms with Crippen molar-refractivity contribution in [3.8, 4) is 11.6 Å². The van der Waals surface area contributed by atoms with E-state index in [1.54, 1.807) is 27.2 Å². The lowest BCUT2D eigenvalue weighted by atomic mass is 10.1. The Hall–Kier alpha value is -4.36. The van der Waals surface area contributed by atoms with Crippen LogP contribution in [0.15, 0.2) is 85.1 Å². The zero-order chi connectivity index (χ0) is 27.9. The van der Waals surface area contributed by atoms with E-state index in [4.69, 9.17) is 18.9 Å². The first-order chi connectivity index (χ1) is 19.5. The van der Waals surface area contributed by atoms with Crippen molar-refractivity contribution in [1.82, 2.24) is 9.55 Å². The molecule has 0 fully saturated rings. The molecule has 0 aliphatic rings. The minimum Gasteiger partial charge on any atom is -0.488 e. The number of carbonyl (C=O) groups excluding carboxylic acids is 1. The number of hydrogen-bond acceptors (Lipinski definition) is 6. The molecule has 0 atom stereocenters. The Morgan fingerprint density at radius 2 is 1.57 bits per heavy atom. The van der Waals surface area contributed by atoms with Gasteiger partial charge in [0.2, 0.25) is 5.88 Å². The zero-order valence-corrected chi connectivity index (χ0v) is 23.1. The molecule has 5 rings (SSSR count). The number of methoxy groups -OCH3 is 1. The molecule has 2 heterocycles. The van der Waals surface area contributed by atoms with Crippen LogP contribution in [-0.4, -0.2) is 28.9 Å². The first-order valence-electron chi connectivity index (χ1n) is 13.6. The van der Waals surface area contributed by atoms with Crippen molar-refractivity contribution in [3.05, 3.63) is 102 Å². The molecule has 40 heavy (non-hydrogen) atoms. The lowest BCUT2D eigenvalue weighted by Gasteiger charge is -2.13. The van der Waals surface area contributed by atoms with Gasteiger partial charge in [-0.1, -0.05) is 66.7 Å². The van der Waals surface area contributed by atoms with E-state index in [0.717, 1.165) is 52.5 Å². The third-order valence-electron chi connectivity index (χ3n) is 6.68. The van der Waals surface area contributed by atoms with E-state index in [0.29, 0.717) is 12.2 Å². The van der Waals surface area contributed by atoms with Gasteiger partial charge in [0.05, 0.1) is 40.9 Å². The molecule has 0 saturated carbocycles. The van der Waals surface area contributed by atoms with Crippen molar-refractivity contribution in [2.45, 2.75) is 52.6 Å². The van der Waals surface area contributed by atoms with E-state index < -0.39 is 6.16 Å². The third kappa shape index (κ3) is 6.10. The van der Waals surface area contributed by atoms with Crippen LogP contribution in [0.25, 0.3) is 21.8 Å². The molecule has 0 unspecified atom stereocenters. The van der Waals surface area contributed by atoms with Crippen LogP contribution in [0, 0.1) is 0 Å². The molecule has 7 nitrogen and oxygen atoms in total. The van der Waals surface area contributed by atoms with Crippen LogP contribution in [0.4, 0.5) is 4.79 Å².